The largest absolute Gasteiger partial charge is 0.444 e. The van der Waals surface area contributed by atoms with E-state index in [1.807, 2.05) is 20.8 Å². The molecule has 0 radical (unpaired) electrons. The molecule has 1 fully saturated rings. The number of alkyl carbamates (subject to hydrolysis) is 1. The van der Waals surface area contributed by atoms with Gasteiger partial charge in [0, 0.05) is 11.4 Å². The molecular weight excluding hydrogens is 478 g/mol. The fourth-order valence-corrected chi connectivity index (χ4v) is 4.94. The third-order valence-corrected chi connectivity index (χ3v) is 6.70. The Morgan fingerprint density at radius 2 is 1.92 bits per heavy atom. The molecule has 2 amide bonds. The second-order valence-corrected chi connectivity index (χ2v) is 10.7. The minimum absolute atomic E-state index is 0.0644. The van der Waals surface area contributed by atoms with Crippen molar-refractivity contribution in [2.75, 3.05) is 10.6 Å². The van der Waals surface area contributed by atoms with Gasteiger partial charge >= 0.3 is 6.09 Å². The van der Waals surface area contributed by atoms with Gasteiger partial charge in [-0.3, -0.25) is 4.79 Å². The molecule has 0 aromatic carbocycles. The number of nitrogens with zero attached hydrogens (tertiary/aromatic N) is 4. The normalized spacial score (nSPS) is 17.8. The summed E-state index contributed by atoms with van der Waals surface area (Å²) in [5.74, 6) is 0.413. The number of anilines is 2. The zero-order valence-corrected chi connectivity index (χ0v) is 21.5. The van der Waals surface area contributed by atoms with Gasteiger partial charge < -0.3 is 20.7 Å². The number of hydrogen-bond donors (Lipinski definition) is 3. The van der Waals surface area contributed by atoms with Crippen LogP contribution in [0.2, 0.25) is 0 Å². The van der Waals surface area contributed by atoms with Crippen LogP contribution in [-0.4, -0.2) is 44.6 Å². The summed E-state index contributed by atoms with van der Waals surface area (Å²) in [6, 6.07) is 5.10. The highest BCUT2D eigenvalue weighted by Crippen LogP contribution is 2.27. The van der Waals surface area contributed by atoms with Gasteiger partial charge in [0.05, 0.1) is 39.3 Å². The van der Waals surface area contributed by atoms with Crippen molar-refractivity contribution in [2.24, 2.45) is 0 Å². The molecule has 3 heterocycles. The van der Waals surface area contributed by atoms with Gasteiger partial charge in [0.15, 0.2) is 0 Å². The van der Waals surface area contributed by atoms with Gasteiger partial charge in [0.25, 0.3) is 5.91 Å². The third kappa shape index (κ3) is 6.07. The first kappa shape index (κ1) is 25.3. The van der Waals surface area contributed by atoms with E-state index in [0.29, 0.717) is 34.1 Å². The highest BCUT2D eigenvalue weighted by Gasteiger charge is 2.29. The van der Waals surface area contributed by atoms with Crippen molar-refractivity contribution < 1.29 is 14.3 Å². The van der Waals surface area contributed by atoms with Crippen LogP contribution in [0.3, 0.4) is 0 Å². The Kier molecular flexibility index (Phi) is 7.35. The van der Waals surface area contributed by atoms with Gasteiger partial charge in [-0.1, -0.05) is 12.8 Å². The summed E-state index contributed by atoms with van der Waals surface area (Å²) in [6.07, 6.45) is 4.95. The minimum atomic E-state index is -0.572. The molecule has 2 atom stereocenters. The summed E-state index contributed by atoms with van der Waals surface area (Å²) < 4.78 is 6.20. The Balaban J connectivity index is 1.50. The van der Waals surface area contributed by atoms with Crippen molar-refractivity contribution in [3.63, 3.8) is 0 Å². The number of carbonyl (C=O) groups is 2. The van der Waals surface area contributed by atoms with Crippen LogP contribution in [0.5, 0.6) is 0 Å². The van der Waals surface area contributed by atoms with Crippen LogP contribution in [0.1, 0.15) is 68.1 Å². The van der Waals surface area contributed by atoms with E-state index in [1.165, 1.54) is 11.3 Å². The average Bonchev–Trinajstić information content (AvgIpc) is 3.23. The number of nitrogens with one attached hydrogen (secondary N) is 3. The lowest BCUT2D eigenvalue weighted by Crippen LogP contribution is -2.50. The monoisotopic (exact) mass is 507 g/mol. The number of aryl methyl sites for hydroxylation is 1. The van der Waals surface area contributed by atoms with Crippen molar-refractivity contribution in [3.8, 4) is 6.07 Å². The van der Waals surface area contributed by atoms with E-state index in [4.69, 9.17) is 10.00 Å². The molecule has 1 aliphatic rings. The molecule has 0 saturated heterocycles. The topological polar surface area (TPSA) is 142 Å². The molecule has 11 heteroatoms. The van der Waals surface area contributed by atoms with Crippen molar-refractivity contribution in [1.29, 1.82) is 5.26 Å². The standard InChI is InChI=1S/C25H29N7O3S/c1-14-15(11-26)9-10-20(28-14)31-22(33)16-13-36-19-12-27-23(32-21(16)19)29-17-7-5-6-8-18(17)30-24(34)35-25(2,3)4/h9-10,12-13,17-18H,5-8H2,1-4H3,(H,30,34)(H,27,29,32)(H,28,31,33)/t17-,18+/m1/s1. The molecule has 0 spiro atoms. The van der Waals surface area contributed by atoms with Gasteiger partial charge in [0.2, 0.25) is 5.95 Å². The maximum absolute atomic E-state index is 13.0. The fraction of sp³-hybridized carbons (Fsp3) is 0.440. The number of amides is 2. The van der Waals surface area contributed by atoms with Gasteiger partial charge in [0.1, 0.15) is 17.5 Å². The molecule has 3 N–H and O–H groups in total. The zero-order valence-electron chi connectivity index (χ0n) is 20.7. The lowest BCUT2D eigenvalue weighted by atomic mass is 9.90. The molecule has 3 aromatic heterocycles. The van der Waals surface area contributed by atoms with Gasteiger partial charge in [-0.2, -0.15) is 5.26 Å². The van der Waals surface area contributed by atoms with Crippen LogP contribution < -0.4 is 16.0 Å². The highest BCUT2D eigenvalue weighted by molar-refractivity contribution is 7.17. The molecule has 4 rings (SSSR count). The number of ether oxygens (including phenoxy) is 1. The number of rotatable bonds is 5. The number of fused-ring (bicyclic) bond motifs is 1. The molecule has 188 valence electrons. The first-order chi connectivity index (χ1) is 17.1. The third-order valence-electron chi connectivity index (χ3n) is 5.79. The number of carbonyl (C=O) groups excluding carboxylic acids is 2. The first-order valence-electron chi connectivity index (χ1n) is 11.8. The number of pyridine rings is 1. The Labute approximate surface area is 213 Å². The number of aromatic nitrogens is 3. The number of nitriles is 1. The second-order valence-electron chi connectivity index (χ2n) is 9.74. The van der Waals surface area contributed by atoms with E-state index in [-0.39, 0.29) is 18.0 Å². The van der Waals surface area contributed by atoms with E-state index in [9.17, 15) is 9.59 Å². The smallest absolute Gasteiger partial charge is 0.407 e. The minimum Gasteiger partial charge on any atom is -0.444 e. The van der Waals surface area contributed by atoms with Crippen LogP contribution in [0.25, 0.3) is 10.2 Å². The quantitative estimate of drug-likeness (QED) is 0.448. The predicted molar refractivity (Wildman–Crippen MR) is 138 cm³/mol. The molecule has 1 saturated carbocycles. The van der Waals surface area contributed by atoms with Crippen LogP contribution in [0, 0.1) is 18.3 Å². The summed E-state index contributed by atoms with van der Waals surface area (Å²) in [5.41, 5.74) is 1.38. The molecule has 3 aromatic rings. The Bertz CT molecular complexity index is 1330. The Morgan fingerprint density at radius 3 is 2.61 bits per heavy atom. The molecular formula is C25H29N7O3S. The van der Waals surface area contributed by atoms with E-state index >= 15 is 0 Å². The summed E-state index contributed by atoms with van der Waals surface area (Å²) in [7, 11) is 0. The zero-order chi connectivity index (χ0) is 25.9. The molecule has 1 aliphatic carbocycles. The van der Waals surface area contributed by atoms with Crippen LogP contribution in [-0.2, 0) is 4.74 Å². The van der Waals surface area contributed by atoms with Crippen LogP contribution in [0.15, 0.2) is 23.7 Å². The SMILES string of the molecule is Cc1nc(NC(=O)c2csc3cnc(N[C@@H]4CCCC[C@@H]4NC(=O)OC(C)(C)C)nc23)ccc1C#N. The van der Waals surface area contributed by atoms with E-state index in [2.05, 4.69) is 37.0 Å². The summed E-state index contributed by atoms with van der Waals surface area (Å²) >= 11 is 1.38. The summed E-state index contributed by atoms with van der Waals surface area (Å²) in [4.78, 5) is 38.7. The lowest BCUT2D eigenvalue weighted by molar-refractivity contribution is 0.0488. The van der Waals surface area contributed by atoms with Crippen molar-refractivity contribution in [3.05, 3.63) is 40.5 Å². The van der Waals surface area contributed by atoms with Crippen molar-refractivity contribution >= 4 is 45.3 Å². The summed E-state index contributed by atoms with van der Waals surface area (Å²) in [6.45, 7) is 7.22. The van der Waals surface area contributed by atoms with E-state index in [0.717, 1.165) is 30.4 Å². The number of thiophene rings is 1. The highest BCUT2D eigenvalue weighted by atomic mass is 32.1. The lowest BCUT2D eigenvalue weighted by Gasteiger charge is -2.33. The van der Waals surface area contributed by atoms with E-state index in [1.54, 1.807) is 30.6 Å². The maximum Gasteiger partial charge on any atom is 0.407 e. The predicted octanol–water partition coefficient (Wildman–Crippen LogP) is 4.77. The first-order valence-corrected chi connectivity index (χ1v) is 12.7. The maximum atomic E-state index is 13.0. The molecule has 36 heavy (non-hydrogen) atoms. The van der Waals surface area contributed by atoms with Crippen LogP contribution >= 0.6 is 11.3 Å². The summed E-state index contributed by atoms with van der Waals surface area (Å²) in [5, 5.41) is 19.9. The molecule has 10 nitrogen and oxygen atoms in total. The van der Waals surface area contributed by atoms with Crippen LogP contribution in [0.4, 0.5) is 16.6 Å². The Morgan fingerprint density at radius 1 is 1.17 bits per heavy atom. The van der Waals surface area contributed by atoms with Gasteiger partial charge in [-0.15, -0.1) is 11.3 Å². The molecule has 0 unspecified atom stereocenters. The van der Waals surface area contributed by atoms with Crippen molar-refractivity contribution in [2.45, 2.75) is 71.1 Å². The molecule has 0 aliphatic heterocycles. The van der Waals surface area contributed by atoms with Crippen molar-refractivity contribution in [1.82, 2.24) is 20.3 Å². The Hall–Kier alpha value is -3.78. The average molecular weight is 508 g/mol. The second kappa shape index (κ2) is 10.5. The van der Waals surface area contributed by atoms with Gasteiger partial charge in [-0.05, 0) is 52.7 Å². The fourth-order valence-electron chi connectivity index (χ4n) is 4.09. The molecule has 0 bridgehead atoms. The van der Waals surface area contributed by atoms with E-state index < -0.39 is 11.7 Å². The van der Waals surface area contributed by atoms with Gasteiger partial charge in [-0.25, -0.2) is 19.7 Å². The number of hydrogen-bond acceptors (Lipinski definition) is 9.